The Morgan fingerprint density at radius 1 is 1.09 bits per heavy atom. The van der Waals surface area contributed by atoms with E-state index in [0.29, 0.717) is 12.1 Å². The first-order valence-corrected chi connectivity index (χ1v) is 7.55. The molecule has 0 aromatic heterocycles. The maximum atomic E-state index is 11.0. The van der Waals surface area contributed by atoms with Gasteiger partial charge in [0.2, 0.25) is 0 Å². The highest BCUT2D eigenvalue weighted by Crippen LogP contribution is 2.18. The van der Waals surface area contributed by atoms with Gasteiger partial charge in [-0.3, -0.25) is 0 Å². The van der Waals surface area contributed by atoms with Crippen LogP contribution >= 0.6 is 0 Å². The van der Waals surface area contributed by atoms with Gasteiger partial charge in [0, 0.05) is 31.0 Å². The summed E-state index contributed by atoms with van der Waals surface area (Å²) in [5, 5.41) is 12.3. The van der Waals surface area contributed by atoms with Crippen LogP contribution in [0.1, 0.15) is 29.8 Å². The van der Waals surface area contributed by atoms with Gasteiger partial charge in [0.25, 0.3) is 0 Å². The van der Waals surface area contributed by atoms with Crippen molar-refractivity contribution < 1.29 is 9.90 Å². The van der Waals surface area contributed by atoms with Gasteiger partial charge in [0.05, 0.1) is 5.56 Å². The van der Waals surface area contributed by atoms with E-state index in [-0.39, 0.29) is 0 Å². The van der Waals surface area contributed by atoms with Crippen LogP contribution in [0.2, 0.25) is 0 Å². The lowest BCUT2D eigenvalue weighted by molar-refractivity contribution is 0.0697. The van der Waals surface area contributed by atoms with Crippen molar-refractivity contribution in [3.63, 3.8) is 0 Å². The lowest BCUT2D eigenvalue weighted by atomic mass is 10.1. The number of anilines is 2. The van der Waals surface area contributed by atoms with E-state index >= 15 is 0 Å². The van der Waals surface area contributed by atoms with Crippen LogP contribution in [0.15, 0.2) is 48.5 Å². The zero-order chi connectivity index (χ0) is 15.9. The molecule has 22 heavy (non-hydrogen) atoms. The predicted molar refractivity (Wildman–Crippen MR) is 90.7 cm³/mol. The third-order valence-electron chi connectivity index (χ3n) is 3.67. The average molecular weight is 298 g/mol. The lowest BCUT2D eigenvalue weighted by Crippen LogP contribution is -2.21. The van der Waals surface area contributed by atoms with Gasteiger partial charge in [-0.1, -0.05) is 12.1 Å². The highest BCUT2D eigenvalue weighted by molar-refractivity contribution is 5.87. The molecular formula is C18H22N2O2. The van der Waals surface area contributed by atoms with Crippen LogP contribution in [0, 0.1) is 0 Å². The summed E-state index contributed by atoms with van der Waals surface area (Å²) < 4.78 is 0. The van der Waals surface area contributed by atoms with Crippen LogP contribution in [0.4, 0.5) is 11.4 Å². The minimum atomic E-state index is -0.898. The number of rotatable bonds is 7. The molecule has 2 N–H and O–H groups in total. The van der Waals surface area contributed by atoms with Crippen molar-refractivity contribution in [3.05, 3.63) is 59.7 Å². The molecule has 4 nitrogen and oxygen atoms in total. The molecule has 0 bridgehead atoms. The molecule has 116 valence electrons. The smallest absolute Gasteiger partial charge is 0.335 e. The zero-order valence-corrected chi connectivity index (χ0v) is 13.0. The number of carbonyl (C=O) groups is 1. The first-order chi connectivity index (χ1) is 10.6. The number of benzene rings is 2. The number of carboxylic acids is 1. The number of hydrogen-bond acceptors (Lipinski definition) is 3. The molecule has 0 saturated carbocycles. The van der Waals surface area contributed by atoms with Gasteiger partial charge in [-0.05, 0) is 55.8 Å². The number of aromatic carboxylic acids is 1. The molecule has 0 amide bonds. The minimum absolute atomic E-state index is 0.316. The Morgan fingerprint density at radius 3 is 2.36 bits per heavy atom. The van der Waals surface area contributed by atoms with Crippen LogP contribution in [0.3, 0.4) is 0 Å². The molecule has 0 radical (unpaired) electrons. The molecule has 0 spiro atoms. The van der Waals surface area contributed by atoms with E-state index in [1.165, 1.54) is 5.69 Å². The Hall–Kier alpha value is -2.49. The molecule has 2 aromatic carbocycles. The maximum absolute atomic E-state index is 11.0. The summed E-state index contributed by atoms with van der Waals surface area (Å²) in [4.78, 5) is 13.3. The summed E-state index contributed by atoms with van der Waals surface area (Å²) in [6.07, 6.45) is 0. The van der Waals surface area contributed by atoms with Crippen LogP contribution in [-0.2, 0) is 6.54 Å². The number of nitrogens with one attached hydrogen (secondary N) is 1. The Kier molecular flexibility index (Phi) is 5.42. The van der Waals surface area contributed by atoms with E-state index in [2.05, 4.69) is 48.3 Å². The second kappa shape index (κ2) is 7.50. The Balaban J connectivity index is 2.00. The molecule has 0 atom stereocenters. The Bertz CT molecular complexity index is 619. The van der Waals surface area contributed by atoms with Gasteiger partial charge in [0.15, 0.2) is 0 Å². The molecule has 0 aliphatic rings. The monoisotopic (exact) mass is 298 g/mol. The summed E-state index contributed by atoms with van der Waals surface area (Å²) in [7, 11) is 0. The molecule has 4 heteroatoms. The molecule has 0 heterocycles. The van der Waals surface area contributed by atoms with Crippen molar-refractivity contribution in [1.82, 2.24) is 0 Å². The predicted octanol–water partition coefficient (Wildman–Crippen LogP) is 3.84. The highest BCUT2D eigenvalue weighted by atomic mass is 16.4. The van der Waals surface area contributed by atoms with Crippen LogP contribution in [-0.4, -0.2) is 24.2 Å². The van der Waals surface area contributed by atoms with Crippen molar-refractivity contribution in [2.24, 2.45) is 0 Å². The SMILES string of the molecule is CCN(CC)c1ccc(NCc2cccc(C(=O)O)c2)cc1. The largest absolute Gasteiger partial charge is 0.478 e. The normalized spacial score (nSPS) is 10.3. The second-order valence-corrected chi connectivity index (χ2v) is 5.08. The Labute approximate surface area is 131 Å². The summed E-state index contributed by atoms with van der Waals surface area (Å²) in [5.41, 5.74) is 3.50. The van der Waals surface area contributed by atoms with Gasteiger partial charge in [-0.2, -0.15) is 0 Å². The van der Waals surface area contributed by atoms with Crippen molar-refractivity contribution in [1.29, 1.82) is 0 Å². The molecule has 2 aromatic rings. The third-order valence-corrected chi connectivity index (χ3v) is 3.67. The average Bonchev–Trinajstić information content (AvgIpc) is 2.55. The molecule has 2 rings (SSSR count). The molecule has 0 aliphatic heterocycles. The summed E-state index contributed by atoms with van der Waals surface area (Å²) in [6.45, 7) is 6.87. The topological polar surface area (TPSA) is 52.6 Å². The summed E-state index contributed by atoms with van der Waals surface area (Å²) in [6, 6.07) is 15.3. The summed E-state index contributed by atoms with van der Waals surface area (Å²) >= 11 is 0. The third kappa shape index (κ3) is 4.01. The van der Waals surface area contributed by atoms with Crippen LogP contribution < -0.4 is 10.2 Å². The fourth-order valence-corrected chi connectivity index (χ4v) is 2.40. The van der Waals surface area contributed by atoms with Gasteiger partial charge in [0.1, 0.15) is 0 Å². The van der Waals surface area contributed by atoms with E-state index < -0.39 is 5.97 Å². The van der Waals surface area contributed by atoms with E-state index in [1.807, 2.05) is 6.07 Å². The van der Waals surface area contributed by atoms with Gasteiger partial charge in [-0.25, -0.2) is 4.79 Å². The van der Waals surface area contributed by atoms with Crippen LogP contribution in [0.25, 0.3) is 0 Å². The van der Waals surface area contributed by atoms with Crippen molar-refractivity contribution in [2.45, 2.75) is 20.4 Å². The zero-order valence-electron chi connectivity index (χ0n) is 13.0. The minimum Gasteiger partial charge on any atom is -0.478 e. The second-order valence-electron chi connectivity index (χ2n) is 5.08. The highest BCUT2D eigenvalue weighted by Gasteiger charge is 2.04. The fourth-order valence-electron chi connectivity index (χ4n) is 2.40. The van der Waals surface area contributed by atoms with E-state index in [1.54, 1.807) is 18.2 Å². The summed E-state index contributed by atoms with van der Waals surface area (Å²) in [5.74, 6) is -0.898. The maximum Gasteiger partial charge on any atom is 0.335 e. The van der Waals surface area contributed by atoms with Gasteiger partial charge >= 0.3 is 5.97 Å². The quantitative estimate of drug-likeness (QED) is 0.815. The number of carboxylic acid groups (broad SMARTS) is 1. The molecule has 0 unspecified atom stereocenters. The van der Waals surface area contributed by atoms with Gasteiger partial charge < -0.3 is 15.3 Å². The first-order valence-electron chi connectivity index (χ1n) is 7.55. The van der Waals surface area contributed by atoms with Crippen molar-refractivity contribution in [2.75, 3.05) is 23.3 Å². The van der Waals surface area contributed by atoms with Crippen molar-refractivity contribution >= 4 is 17.3 Å². The molecular weight excluding hydrogens is 276 g/mol. The first kappa shape index (κ1) is 15.9. The molecule has 0 fully saturated rings. The molecule has 0 saturated heterocycles. The van der Waals surface area contributed by atoms with Crippen LogP contribution in [0.5, 0.6) is 0 Å². The fraction of sp³-hybridized carbons (Fsp3) is 0.278. The van der Waals surface area contributed by atoms with E-state index in [9.17, 15) is 4.79 Å². The lowest BCUT2D eigenvalue weighted by Gasteiger charge is -2.21. The van der Waals surface area contributed by atoms with E-state index in [0.717, 1.165) is 24.3 Å². The Morgan fingerprint density at radius 2 is 1.77 bits per heavy atom. The van der Waals surface area contributed by atoms with Crippen molar-refractivity contribution in [3.8, 4) is 0 Å². The standard InChI is InChI=1S/C18H22N2O2/c1-3-20(4-2)17-10-8-16(9-11-17)19-13-14-6-5-7-15(12-14)18(21)22/h5-12,19H,3-4,13H2,1-2H3,(H,21,22). The molecule has 0 aliphatic carbocycles. The number of nitrogens with zero attached hydrogens (tertiary/aromatic N) is 1. The van der Waals surface area contributed by atoms with E-state index in [4.69, 9.17) is 5.11 Å². The number of hydrogen-bond donors (Lipinski definition) is 2. The van der Waals surface area contributed by atoms with Gasteiger partial charge in [-0.15, -0.1) is 0 Å².